The summed E-state index contributed by atoms with van der Waals surface area (Å²) in [7, 11) is -3.45. The van der Waals surface area contributed by atoms with Crippen molar-refractivity contribution in [2.45, 2.75) is 11.3 Å². The maximum absolute atomic E-state index is 12.3. The molecular formula is C12H16N2O2S. The van der Waals surface area contributed by atoms with Crippen LogP contribution in [0.5, 0.6) is 0 Å². The standard InChI is InChI=1S/C12H16N2O2S/c1-2-10-7-8-14(9-10)17(15,16)12-6-4-3-5-11(12)13/h2-6,10H,1,7-9,13H2. The normalized spacial score (nSPS) is 21.5. The van der Waals surface area contributed by atoms with Crippen molar-refractivity contribution in [3.63, 3.8) is 0 Å². The number of sulfonamides is 1. The molecule has 1 fully saturated rings. The van der Waals surface area contributed by atoms with Gasteiger partial charge in [0.05, 0.1) is 5.69 Å². The van der Waals surface area contributed by atoms with Crippen LogP contribution in [-0.2, 0) is 10.0 Å². The lowest BCUT2D eigenvalue weighted by atomic mass is 10.1. The van der Waals surface area contributed by atoms with Gasteiger partial charge in [0, 0.05) is 13.1 Å². The van der Waals surface area contributed by atoms with Crippen molar-refractivity contribution < 1.29 is 8.42 Å². The van der Waals surface area contributed by atoms with Crippen LogP contribution in [0.25, 0.3) is 0 Å². The smallest absolute Gasteiger partial charge is 0.245 e. The molecule has 1 saturated heterocycles. The molecule has 1 aliphatic rings. The van der Waals surface area contributed by atoms with Gasteiger partial charge in [-0.1, -0.05) is 18.2 Å². The van der Waals surface area contributed by atoms with Crippen LogP contribution in [0.15, 0.2) is 41.8 Å². The largest absolute Gasteiger partial charge is 0.398 e. The highest BCUT2D eigenvalue weighted by Gasteiger charge is 2.32. The van der Waals surface area contributed by atoms with E-state index < -0.39 is 10.0 Å². The molecule has 2 rings (SSSR count). The van der Waals surface area contributed by atoms with Crippen molar-refractivity contribution in [1.82, 2.24) is 4.31 Å². The number of nitrogen functional groups attached to an aromatic ring is 1. The fourth-order valence-electron chi connectivity index (χ4n) is 2.02. The van der Waals surface area contributed by atoms with Crippen LogP contribution in [0.3, 0.4) is 0 Å². The molecule has 0 bridgehead atoms. The van der Waals surface area contributed by atoms with Crippen LogP contribution in [0.1, 0.15) is 6.42 Å². The Morgan fingerprint density at radius 1 is 1.41 bits per heavy atom. The molecule has 4 nitrogen and oxygen atoms in total. The zero-order valence-corrected chi connectivity index (χ0v) is 10.4. The lowest BCUT2D eigenvalue weighted by Crippen LogP contribution is -2.29. The number of nitrogens with two attached hydrogens (primary N) is 1. The molecule has 0 radical (unpaired) electrons. The van der Waals surface area contributed by atoms with E-state index in [9.17, 15) is 8.42 Å². The molecule has 1 heterocycles. The van der Waals surface area contributed by atoms with Crippen LogP contribution in [0.2, 0.25) is 0 Å². The van der Waals surface area contributed by atoms with Gasteiger partial charge >= 0.3 is 0 Å². The Morgan fingerprint density at radius 2 is 2.12 bits per heavy atom. The summed E-state index contributed by atoms with van der Waals surface area (Å²) in [6.45, 7) is 4.74. The van der Waals surface area contributed by atoms with Crippen LogP contribution in [-0.4, -0.2) is 25.8 Å². The molecule has 92 valence electrons. The van der Waals surface area contributed by atoms with Crippen molar-refractivity contribution in [2.24, 2.45) is 5.92 Å². The van der Waals surface area contributed by atoms with E-state index in [-0.39, 0.29) is 10.8 Å². The van der Waals surface area contributed by atoms with Gasteiger partial charge in [0.25, 0.3) is 0 Å². The molecule has 0 aromatic heterocycles. The van der Waals surface area contributed by atoms with E-state index in [1.807, 2.05) is 6.08 Å². The third-order valence-corrected chi connectivity index (χ3v) is 5.00. The Hall–Kier alpha value is -1.33. The molecule has 0 amide bonds. The molecule has 1 aromatic rings. The molecule has 1 aromatic carbocycles. The average Bonchev–Trinajstić information content (AvgIpc) is 2.78. The fraction of sp³-hybridized carbons (Fsp3) is 0.333. The summed E-state index contributed by atoms with van der Waals surface area (Å²) in [5.41, 5.74) is 6.02. The van der Waals surface area contributed by atoms with Gasteiger partial charge in [-0.25, -0.2) is 8.42 Å². The Bertz CT molecular complexity index is 525. The molecular weight excluding hydrogens is 236 g/mol. The van der Waals surface area contributed by atoms with Gasteiger partial charge in [-0.15, -0.1) is 6.58 Å². The number of para-hydroxylation sites is 1. The Labute approximate surface area is 102 Å². The maximum atomic E-state index is 12.3. The second kappa shape index (κ2) is 4.50. The highest BCUT2D eigenvalue weighted by molar-refractivity contribution is 7.89. The zero-order chi connectivity index (χ0) is 12.5. The minimum atomic E-state index is -3.45. The van der Waals surface area contributed by atoms with Crippen molar-refractivity contribution in [2.75, 3.05) is 18.8 Å². The van der Waals surface area contributed by atoms with Crippen LogP contribution in [0, 0.1) is 5.92 Å². The highest BCUT2D eigenvalue weighted by Crippen LogP contribution is 2.27. The topological polar surface area (TPSA) is 63.4 Å². The first-order valence-corrected chi connectivity index (χ1v) is 6.97. The Morgan fingerprint density at radius 3 is 2.71 bits per heavy atom. The minimum absolute atomic E-state index is 0.199. The molecule has 17 heavy (non-hydrogen) atoms. The summed E-state index contributed by atoms with van der Waals surface area (Å²) in [5, 5.41) is 0. The molecule has 5 heteroatoms. The average molecular weight is 252 g/mol. The first-order chi connectivity index (χ1) is 8.05. The number of hydrogen-bond donors (Lipinski definition) is 1. The van der Waals surface area contributed by atoms with E-state index in [0.717, 1.165) is 6.42 Å². The number of rotatable bonds is 3. The third-order valence-electron chi connectivity index (χ3n) is 3.06. The van der Waals surface area contributed by atoms with Gasteiger partial charge in [0.15, 0.2) is 0 Å². The monoisotopic (exact) mass is 252 g/mol. The van der Waals surface area contributed by atoms with E-state index in [4.69, 9.17) is 5.73 Å². The van der Waals surface area contributed by atoms with Crippen molar-refractivity contribution in [3.8, 4) is 0 Å². The Balaban J connectivity index is 2.32. The highest BCUT2D eigenvalue weighted by atomic mass is 32.2. The molecule has 2 N–H and O–H groups in total. The molecule has 0 spiro atoms. The van der Waals surface area contributed by atoms with E-state index in [1.165, 1.54) is 4.31 Å². The second-order valence-corrected chi connectivity index (χ2v) is 6.09. The van der Waals surface area contributed by atoms with E-state index in [1.54, 1.807) is 24.3 Å². The van der Waals surface area contributed by atoms with Crippen molar-refractivity contribution in [3.05, 3.63) is 36.9 Å². The van der Waals surface area contributed by atoms with Gasteiger partial charge in [0.2, 0.25) is 10.0 Å². The molecule has 1 unspecified atom stereocenters. The number of nitrogens with zero attached hydrogens (tertiary/aromatic N) is 1. The summed E-state index contributed by atoms with van der Waals surface area (Å²) in [6, 6.07) is 6.56. The van der Waals surface area contributed by atoms with Gasteiger partial charge in [-0.2, -0.15) is 4.31 Å². The predicted octanol–water partition coefficient (Wildman–Crippen LogP) is 1.47. The molecule has 0 saturated carbocycles. The molecule has 1 atom stereocenters. The number of anilines is 1. The SMILES string of the molecule is C=CC1CCN(S(=O)(=O)c2ccccc2N)C1. The van der Waals surface area contributed by atoms with Crippen molar-refractivity contribution >= 4 is 15.7 Å². The number of hydrogen-bond acceptors (Lipinski definition) is 3. The summed E-state index contributed by atoms with van der Waals surface area (Å²) < 4.78 is 26.1. The zero-order valence-electron chi connectivity index (χ0n) is 9.54. The van der Waals surface area contributed by atoms with Gasteiger partial charge < -0.3 is 5.73 Å². The second-order valence-electron chi connectivity index (χ2n) is 4.19. The van der Waals surface area contributed by atoms with Crippen molar-refractivity contribution in [1.29, 1.82) is 0 Å². The van der Waals surface area contributed by atoms with E-state index >= 15 is 0 Å². The summed E-state index contributed by atoms with van der Waals surface area (Å²) in [6.07, 6.45) is 2.64. The van der Waals surface area contributed by atoms with E-state index in [0.29, 0.717) is 18.8 Å². The lowest BCUT2D eigenvalue weighted by Gasteiger charge is -2.17. The van der Waals surface area contributed by atoms with Crippen LogP contribution in [0.4, 0.5) is 5.69 Å². The summed E-state index contributed by atoms with van der Waals surface area (Å²) >= 11 is 0. The first kappa shape index (κ1) is 12.1. The first-order valence-electron chi connectivity index (χ1n) is 5.53. The van der Waals surface area contributed by atoms with Crippen LogP contribution >= 0.6 is 0 Å². The van der Waals surface area contributed by atoms with Gasteiger partial charge in [-0.05, 0) is 24.5 Å². The molecule has 0 aliphatic carbocycles. The fourth-order valence-corrected chi connectivity index (χ4v) is 3.65. The third kappa shape index (κ3) is 2.21. The summed E-state index contributed by atoms with van der Waals surface area (Å²) in [4.78, 5) is 0.199. The molecule has 1 aliphatic heterocycles. The predicted molar refractivity (Wildman–Crippen MR) is 67.9 cm³/mol. The van der Waals surface area contributed by atoms with Crippen LogP contribution < -0.4 is 5.73 Å². The lowest BCUT2D eigenvalue weighted by molar-refractivity contribution is 0.470. The Kier molecular flexibility index (Phi) is 3.22. The van der Waals surface area contributed by atoms with E-state index in [2.05, 4.69) is 6.58 Å². The maximum Gasteiger partial charge on any atom is 0.245 e. The minimum Gasteiger partial charge on any atom is -0.398 e. The number of benzene rings is 1. The van der Waals surface area contributed by atoms with Gasteiger partial charge in [0.1, 0.15) is 4.90 Å². The van der Waals surface area contributed by atoms with Gasteiger partial charge in [-0.3, -0.25) is 0 Å². The summed E-state index contributed by atoms with van der Waals surface area (Å²) in [5.74, 6) is 0.245. The quantitative estimate of drug-likeness (QED) is 0.654.